The van der Waals surface area contributed by atoms with E-state index in [-0.39, 0.29) is 5.96 Å². The molecule has 172 valence electrons. The largest absolute Gasteiger partial charge is 0.480 e. The highest BCUT2D eigenvalue weighted by molar-refractivity contribution is 7.98. The summed E-state index contributed by atoms with van der Waals surface area (Å²) in [7, 11) is 0. The number of nitrogens with zero attached hydrogens (tertiary/aromatic N) is 1. The summed E-state index contributed by atoms with van der Waals surface area (Å²) in [5.41, 5.74) is 16.3. The van der Waals surface area contributed by atoms with E-state index in [0.717, 1.165) is 0 Å². The molecule has 0 aromatic heterocycles. The lowest BCUT2D eigenvalue weighted by atomic mass is 10.1. The third-order valence-corrected chi connectivity index (χ3v) is 4.67. The Morgan fingerprint density at radius 1 is 0.967 bits per heavy atom. The van der Waals surface area contributed by atoms with E-state index >= 15 is 0 Å². The van der Waals surface area contributed by atoms with E-state index in [9.17, 15) is 19.2 Å². The van der Waals surface area contributed by atoms with Gasteiger partial charge in [-0.3, -0.25) is 24.2 Å². The number of carbonyl (C=O) groups excluding carboxylic acids is 3. The fraction of sp³-hybridized carbons (Fsp3) is 0.706. The average Bonchev–Trinajstić information content (AvgIpc) is 2.67. The van der Waals surface area contributed by atoms with Crippen LogP contribution in [-0.4, -0.2) is 77.5 Å². The van der Waals surface area contributed by atoms with E-state index in [4.69, 9.17) is 22.3 Å². The van der Waals surface area contributed by atoms with Crippen molar-refractivity contribution in [2.75, 3.05) is 18.6 Å². The van der Waals surface area contributed by atoms with E-state index in [0.29, 0.717) is 31.6 Å². The molecule has 0 bridgehead atoms. The highest BCUT2D eigenvalue weighted by Crippen LogP contribution is 2.04. The van der Waals surface area contributed by atoms with Crippen LogP contribution in [0.2, 0.25) is 0 Å². The first-order valence-electron chi connectivity index (χ1n) is 9.43. The van der Waals surface area contributed by atoms with Gasteiger partial charge in [-0.1, -0.05) is 0 Å². The monoisotopic (exact) mass is 447 g/mol. The number of hydrogen-bond acceptors (Lipinski definition) is 7. The molecule has 30 heavy (non-hydrogen) atoms. The van der Waals surface area contributed by atoms with Crippen molar-refractivity contribution in [1.82, 2.24) is 16.0 Å². The fourth-order valence-corrected chi connectivity index (χ4v) is 2.68. The number of hydrogen-bond donors (Lipinski definition) is 7. The molecule has 0 aromatic rings. The smallest absolute Gasteiger partial charge is 0.325 e. The summed E-state index contributed by atoms with van der Waals surface area (Å²) >= 11 is 1.49. The lowest BCUT2D eigenvalue weighted by molar-refractivity contribution is -0.141. The first-order valence-corrected chi connectivity index (χ1v) is 10.8. The molecule has 4 atom stereocenters. The Balaban J connectivity index is 4.82. The van der Waals surface area contributed by atoms with Crippen LogP contribution in [0.25, 0.3) is 0 Å². The van der Waals surface area contributed by atoms with Crippen molar-refractivity contribution < 1.29 is 24.3 Å². The van der Waals surface area contributed by atoms with Crippen molar-refractivity contribution in [3.05, 3.63) is 0 Å². The van der Waals surface area contributed by atoms with Crippen molar-refractivity contribution in [3.63, 3.8) is 0 Å². The van der Waals surface area contributed by atoms with Gasteiger partial charge in [0.05, 0.1) is 6.04 Å². The minimum Gasteiger partial charge on any atom is -0.480 e. The summed E-state index contributed by atoms with van der Waals surface area (Å²) in [5.74, 6) is -2.36. The molecule has 0 saturated carbocycles. The predicted molar refractivity (Wildman–Crippen MR) is 116 cm³/mol. The average molecular weight is 448 g/mol. The maximum absolute atomic E-state index is 12.6. The molecule has 0 aliphatic carbocycles. The number of carboxylic acids is 1. The van der Waals surface area contributed by atoms with Crippen LogP contribution in [0.1, 0.15) is 33.1 Å². The Labute approximate surface area is 180 Å². The predicted octanol–water partition coefficient (Wildman–Crippen LogP) is -2.30. The zero-order valence-electron chi connectivity index (χ0n) is 17.5. The molecule has 0 aliphatic heterocycles. The van der Waals surface area contributed by atoms with Gasteiger partial charge in [0.15, 0.2) is 5.96 Å². The lowest BCUT2D eigenvalue weighted by Crippen LogP contribution is -2.56. The summed E-state index contributed by atoms with van der Waals surface area (Å²) in [6, 6.07) is -3.82. The van der Waals surface area contributed by atoms with E-state index in [1.165, 1.54) is 25.6 Å². The molecule has 3 amide bonds. The van der Waals surface area contributed by atoms with E-state index in [1.807, 2.05) is 6.26 Å². The van der Waals surface area contributed by atoms with Crippen molar-refractivity contribution in [1.29, 1.82) is 0 Å². The zero-order chi connectivity index (χ0) is 23.3. The van der Waals surface area contributed by atoms with Crippen molar-refractivity contribution >= 4 is 41.4 Å². The number of thioether (sulfide) groups is 1. The molecule has 0 aromatic carbocycles. The van der Waals surface area contributed by atoms with Crippen LogP contribution in [0.3, 0.4) is 0 Å². The molecule has 0 fully saturated rings. The molecule has 0 heterocycles. The summed E-state index contributed by atoms with van der Waals surface area (Å²) in [4.78, 5) is 51.6. The van der Waals surface area contributed by atoms with Gasteiger partial charge in [-0.05, 0) is 45.1 Å². The van der Waals surface area contributed by atoms with Gasteiger partial charge in [0.2, 0.25) is 17.7 Å². The normalized spacial score (nSPS) is 14.5. The minimum absolute atomic E-state index is 0.0438. The number of amides is 3. The molecule has 0 spiro atoms. The highest BCUT2D eigenvalue weighted by atomic mass is 32.2. The third-order valence-electron chi connectivity index (χ3n) is 4.03. The number of aliphatic imine (C=N–C) groups is 1. The first kappa shape index (κ1) is 27.5. The van der Waals surface area contributed by atoms with Crippen LogP contribution in [-0.2, 0) is 19.2 Å². The number of nitrogens with one attached hydrogen (secondary N) is 3. The Hall–Kier alpha value is -2.54. The van der Waals surface area contributed by atoms with Crippen LogP contribution in [0, 0.1) is 0 Å². The quantitative estimate of drug-likeness (QED) is 0.0864. The molecule has 0 aliphatic rings. The Kier molecular flexibility index (Phi) is 13.2. The zero-order valence-corrected chi connectivity index (χ0v) is 18.3. The molecular weight excluding hydrogens is 414 g/mol. The van der Waals surface area contributed by atoms with E-state index in [1.54, 1.807) is 0 Å². The van der Waals surface area contributed by atoms with Crippen LogP contribution < -0.4 is 33.2 Å². The second-order valence-corrected chi connectivity index (χ2v) is 7.68. The topological polar surface area (TPSA) is 215 Å². The Morgan fingerprint density at radius 2 is 1.57 bits per heavy atom. The Morgan fingerprint density at radius 3 is 2.10 bits per heavy atom. The van der Waals surface area contributed by atoms with Crippen LogP contribution >= 0.6 is 11.8 Å². The number of rotatable bonds is 14. The number of guanidine groups is 1. The number of carbonyl (C=O) groups is 4. The van der Waals surface area contributed by atoms with Crippen molar-refractivity contribution in [2.24, 2.45) is 22.2 Å². The molecule has 4 unspecified atom stereocenters. The second-order valence-electron chi connectivity index (χ2n) is 6.70. The maximum Gasteiger partial charge on any atom is 0.325 e. The molecule has 0 saturated heterocycles. The van der Waals surface area contributed by atoms with Crippen LogP contribution in [0.4, 0.5) is 0 Å². The highest BCUT2D eigenvalue weighted by Gasteiger charge is 2.27. The third kappa shape index (κ3) is 11.5. The molecular formula is C17H33N7O5S. The standard InChI is InChI=1S/C17H33N7O5S/c1-9(13(25)23-10(2)16(28)29)22-15(27)12(6-8-30-3)24-14(26)11(18)5-4-7-21-17(19)20/h9-12H,4-8,18H2,1-3H3,(H,22,27)(H,23,25)(H,24,26)(H,28,29)(H4,19,20,21). The van der Waals surface area contributed by atoms with E-state index in [2.05, 4.69) is 20.9 Å². The number of nitrogens with two attached hydrogens (primary N) is 3. The van der Waals surface area contributed by atoms with Gasteiger partial charge in [-0.15, -0.1) is 0 Å². The van der Waals surface area contributed by atoms with E-state index < -0.39 is 47.9 Å². The van der Waals surface area contributed by atoms with Crippen molar-refractivity contribution in [3.8, 4) is 0 Å². The summed E-state index contributed by atoms with van der Waals surface area (Å²) < 4.78 is 0. The summed E-state index contributed by atoms with van der Waals surface area (Å²) in [6.07, 6.45) is 3.01. The van der Waals surface area contributed by atoms with Crippen LogP contribution in [0.15, 0.2) is 4.99 Å². The molecule has 10 N–H and O–H groups in total. The molecule has 0 rings (SSSR count). The SMILES string of the molecule is CSCCC(NC(=O)C(N)CCCN=C(N)N)C(=O)NC(C)C(=O)NC(C)C(=O)O. The summed E-state index contributed by atoms with van der Waals surface area (Å²) in [6.45, 7) is 3.07. The maximum atomic E-state index is 12.6. The molecule has 13 heteroatoms. The molecule has 0 radical (unpaired) electrons. The van der Waals surface area contributed by atoms with Gasteiger partial charge < -0.3 is 38.3 Å². The second kappa shape index (κ2) is 14.4. The van der Waals surface area contributed by atoms with Crippen LogP contribution in [0.5, 0.6) is 0 Å². The number of aliphatic carboxylic acids is 1. The van der Waals surface area contributed by atoms with Gasteiger partial charge in [0.1, 0.15) is 18.1 Å². The summed E-state index contributed by atoms with van der Waals surface area (Å²) in [5, 5.41) is 16.2. The van der Waals surface area contributed by atoms with Gasteiger partial charge in [0, 0.05) is 6.54 Å². The van der Waals surface area contributed by atoms with Gasteiger partial charge >= 0.3 is 5.97 Å². The lowest BCUT2D eigenvalue weighted by Gasteiger charge is -2.23. The van der Waals surface area contributed by atoms with Gasteiger partial charge in [-0.2, -0.15) is 11.8 Å². The van der Waals surface area contributed by atoms with Gasteiger partial charge in [0.25, 0.3) is 0 Å². The van der Waals surface area contributed by atoms with Gasteiger partial charge in [-0.25, -0.2) is 0 Å². The minimum atomic E-state index is -1.19. The molecule has 12 nitrogen and oxygen atoms in total. The van der Waals surface area contributed by atoms with Crippen molar-refractivity contribution in [2.45, 2.75) is 57.3 Å². The Bertz CT molecular complexity index is 628. The number of carboxylic acid groups (broad SMARTS) is 1. The first-order chi connectivity index (χ1) is 14.0. The fourth-order valence-electron chi connectivity index (χ4n) is 2.21.